The Morgan fingerprint density at radius 2 is 1.57 bits per heavy atom. The van der Waals surface area contributed by atoms with Crippen LogP contribution in [0, 0.1) is 0 Å². The number of ether oxygens (including phenoxy) is 3. The van der Waals surface area contributed by atoms with Crippen molar-refractivity contribution in [1.82, 2.24) is 10.4 Å². The third kappa shape index (κ3) is 10.1. The summed E-state index contributed by atoms with van der Waals surface area (Å²) in [4.78, 5) is 37.2. The lowest BCUT2D eigenvalue weighted by Crippen LogP contribution is -2.60. The Balaban J connectivity index is 5.80. The minimum absolute atomic E-state index is 0.0584. The van der Waals surface area contributed by atoms with Gasteiger partial charge in [-0.3, -0.25) is 0 Å². The van der Waals surface area contributed by atoms with E-state index in [0.717, 1.165) is 13.5 Å². The molecule has 0 radical (unpaired) electrons. The molecule has 9 heteroatoms. The molecule has 0 aliphatic heterocycles. The van der Waals surface area contributed by atoms with E-state index in [9.17, 15) is 19.5 Å². The highest BCUT2D eigenvalue weighted by Gasteiger charge is 2.40. The smallest absolute Gasteiger partial charge is 0.430 e. The molecule has 0 saturated carbocycles. The zero-order chi connectivity index (χ0) is 22.1. The second-order valence-electron chi connectivity index (χ2n) is 8.11. The van der Waals surface area contributed by atoms with Crippen molar-refractivity contribution in [3.63, 3.8) is 0 Å². The molecule has 0 aliphatic rings. The number of aliphatic hydroxyl groups excluding tert-OH is 1. The summed E-state index contributed by atoms with van der Waals surface area (Å²) in [5.74, 6) is -0.917. The molecular weight excluding hydrogens is 368 g/mol. The summed E-state index contributed by atoms with van der Waals surface area (Å²) < 4.78 is 15.1. The molecule has 0 aromatic rings. The molecule has 2 amide bonds. The second kappa shape index (κ2) is 10.9. The standard InChI is InChI=1S/C19H34N2O7/c1-9-10-11-12-13(22)14(15(23)26-8)21(17(25)28-19(5,6)7)20-16(24)27-18(2,3)4/h10-11,13-14,22H,9,12H2,1-8H3,(H,20,24)/b11-10+/t13-,14-/m0/s1. The van der Waals surface area contributed by atoms with Crippen molar-refractivity contribution >= 4 is 18.2 Å². The monoisotopic (exact) mass is 402 g/mol. The summed E-state index contributed by atoms with van der Waals surface area (Å²) in [5.41, 5.74) is 0.451. The van der Waals surface area contributed by atoms with Gasteiger partial charge in [-0.15, -0.1) is 0 Å². The topological polar surface area (TPSA) is 114 Å². The van der Waals surface area contributed by atoms with Crippen LogP contribution in [0.25, 0.3) is 0 Å². The first-order chi connectivity index (χ1) is 12.7. The summed E-state index contributed by atoms with van der Waals surface area (Å²) >= 11 is 0. The molecule has 0 bridgehead atoms. The Morgan fingerprint density at radius 3 is 2.00 bits per heavy atom. The zero-order valence-electron chi connectivity index (χ0n) is 18.1. The van der Waals surface area contributed by atoms with Crippen LogP contribution in [0.15, 0.2) is 12.2 Å². The second-order valence-corrected chi connectivity index (χ2v) is 8.11. The maximum atomic E-state index is 12.7. The number of amides is 2. The van der Waals surface area contributed by atoms with Gasteiger partial charge in [0.15, 0.2) is 6.04 Å². The first kappa shape index (κ1) is 25.7. The molecule has 0 aliphatic carbocycles. The summed E-state index contributed by atoms with van der Waals surface area (Å²) in [7, 11) is 1.12. The first-order valence-corrected chi connectivity index (χ1v) is 9.14. The van der Waals surface area contributed by atoms with Gasteiger partial charge in [0.1, 0.15) is 11.2 Å². The van der Waals surface area contributed by atoms with Crippen LogP contribution < -0.4 is 5.43 Å². The number of carbonyl (C=O) groups is 3. The number of rotatable bonds is 6. The summed E-state index contributed by atoms with van der Waals surface area (Å²) in [6.45, 7) is 11.7. The van der Waals surface area contributed by atoms with E-state index in [4.69, 9.17) is 14.2 Å². The number of allylic oxidation sites excluding steroid dienone is 1. The Labute approximate surface area is 167 Å². The fourth-order valence-corrected chi connectivity index (χ4v) is 2.03. The molecule has 2 atom stereocenters. The Hall–Kier alpha value is -2.29. The van der Waals surface area contributed by atoms with Gasteiger partial charge < -0.3 is 19.3 Å². The minimum Gasteiger partial charge on any atom is -0.467 e. The molecule has 0 saturated heterocycles. The first-order valence-electron chi connectivity index (χ1n) is 9.14. The SMILES string of the molecule is CC/C=C/C[C@H](O)[C@@H](C(=O)OC)N(NC(=O)OC(C)(C)C)C(=O)OC(C)(C)C. The molecule has 0 rings (SSSR count). The normalized spacial score (nSPS) is 14.2. The van der Waals surface area contributed by atoms with E-state index in [1.807, 2.05) is 6.92 Å². The average molecular weight is 402 g/mol. The number of methoxy groups -OCH3 is 1. The van der Waals surface area contributed by atoms with E-state index in [0.29, 0.717) is 5.01 Å². The lowest BCUT2D eigenvalue weighted by Gasteiger charge is -2.34. The van der Waals surface area contributed by atoms with Crippen molar-refractivity contribution in [3.05, 3.63) is 12.2 Å². The zero-order valence-corrected chi connectivity index (χ0v) is 18.1. The van der Waals surface area contributed by atoms with Crippen molar-refractivity contribution in [3.8, 4) is 0 Å². The number of nitrogens with one attached hydrogen (secondary N) is 1. The fourth-order valence-electron chi connectivity index (χ4n) is 2.03. The van der Waals surface area contributed by atoms with Crippen LogP contribution in [0.4, 0.5) is 9.59 Å². The number of hydrogen-bond donors (Lipinski definition) is 2. The molecule has 0 unspecified atom stereocenters. The molecule has 9 nitrogen and oxygen atoms in total. The van der Waals surface area contributed by atoms with E-state index in [2.05, 4.69) is 5.43 Å². The Bertz CT molecular complexity index is 562. The average Bonchev–Trinajstić information content (AvgIpc) is 2.50. The van der Waals surface area contributed by atoms with Gasteiger partial charge in [0.25, 0.3) is 0 Å². The summed E-state index contributed by atoms with van der Waals surface area (Å²) in [6, 6.07) is -1.53. The van der Waals surface area contributed by atoms with Gasteiger partial charge in [0, 0.05) is 0 Å². The molecule has 28 heavy (non-hydrogen) atoms. The van der Waals surface area contributed by atoms with Crippen LogP contribution >= 0.6 is 0 Å². The van der Waals surface area contributed by atoms with Crippen LogP contribution in [-0.4, -0.2) is 58.7 Å². The molecule has 0 aromatic heterocycles. The van der Waals surface area contributed by atoms with Crippen LogP contribution in [0.3, 0.4) is 0 Å². The van der Waals surface area contributed by atoms with Gasteiger partial charge >= 0.3 is 18.2 Å². The minimum atomic E-state index is -1.53. The number of aliphatic hydroxyl groups is 1. The molecular formula is C19H34N2O7. The van der Waals surface area contributed by atoms with E-state index in [-0.39, 0.29) is 6.42 Å². The van der Waals surface area contributed by atoms with E-state index >= 15 is 0 Å². The van der Waals surface area contributed by atoms with Crippen molar-refractivity contribution in [2.75, 3.05) is 7.11 Å². The van der Waals surface area contributed by atoms with Crippen molar-refractivity contribution in [2.45, 2.75) is 84.7 Å². The van der Waals surface area contributed by atoms with Crippen LogP contribution in [0.5, 0.6) is 0 Å². The third-order valence-corrected chi connectivity index (χ3v) is 3.07. The summed E-state index contributed by atoms with van der Waals surface area (Å²) in [5, 5.41) is 11.1. The van der Waals surface area contributed by atoms with Gasteiger partial charge in [0.05, 0.1) is 13.2 Å². The fraction of sp³-hybridized carbons (Fsp3) is 0.737. The van der Waals surface area contributed by atoms with E-state index < -0.39 is 41.5 Å². The van der Waals surface area contributed by atoms with Crippen LogP contribution in [0.2, 0.25) is 0 Å². The van der Waals surface area contributed by atoms with Crippen LogP contribution in [0.1, 0.15) is 61.3 Å². The lowest BCUT2D eigenvalue weighted by molar-refractivity contribution is -0.152. The molecule has 0 heterocycles. The van der Waals surface area contributed by atoms with Gasteiger partial charge in [-0.25, -0.2) is 19.8 Å². The third-order valence-electron chi connectivity index (χ3n) is 3.07. The van der Waals surface area contributed by atoms with Crippen molar-refractivity contribution in [1.29, 1.82) is 0 Å². The number of hydrazine groups is 1. The maximum absolute atomic E-state index is 12.7. The quantitative estimate of drug-likeness (QED) is 0.304. The van der Waals surface area contributed by atoms with Gasteiger partial charge in [-0.05, 0) is 54.4 Å². The number of hydrogen-bond acceptors (Lipinski definition) is 7. The molecule has 0 aromatic carbocycles. The van der Waals surface area contributed by atoms with Gasteiger partial charge in [-0.1, -0.05) is 19.1 Å². The van der Waals surface area contributed by atoms with Crippen molar-refractivity contribution in [2.24, 2.45) is 0 Å². The highest BCUT2D eigenvalue weighted by Crippen LogP contribution is 2.16. The van der Waals surface area contributed by atoms with Gasteiger partial charge in [0.2, 0.25) is 0 Å². The lowest BCUT2D eigenvalue weighted by atomic mass is 10.1. The number of esters is 1. The molecule has 162 valence electrons. The van der Waals surface area contributed by atoms with Gasteiger partial charge in [-0.2, -0.15) is 5.01 Å². The Kier molecular flexibility index (Phi) is 10.0. The van der Waals surface area contributed by atoms with E-state index in [1.165, 1.54) is 0 Å². The molecule has 0 fully saturated rings. The maximum Gasteiger partial charge on any atom is 0.430 e. The van der Waals surface area contributed by atoms with Crippen LogP contribution in [-0.2, 0) is 19.0 Å². The van der Waals surface area contributed by atoms with Crippen molar-refractivity contribution < 1.29 is 33.7 Å². The number of nitrogens with zero attached hydrogens (tertiary/aromatic N) is 1. The largest absolute Gasteiger partial charge is 0.467 e. The highest BCUT2D eigenvalue weighted by molar-refractivity contribution is 5.83. The number of carbonyl (C=O) groups excluding carboxylic acids is 3. The predicted molar refractivity (Wildman–Crippen MR) is 103 cm³/mol. The van der Waals surface area contributed by atoms with E-state index in [1.54, 1.807) is 53.7 Å². The Morgan fingerprint density at radius 1 is 1.04 bits per heavy atom. The predicted octanol–water partition coefficient (Wildman–Crippen LogP) is 2.92. The highest BCUT2D eigenvalue weighted by atomic mass is 16.6. The molecule has 0 spiro atoms. The summed E-state index contributed by atoms with van der Waals surface area (Å²) in [6.07, 6.45) is 0.899. The molecule has 2 N–H and O–H groups in total.